The van der Waals surface area contributed by atoms with Crippen molar-refractivity contribution in [2.24, 2.45) is 5.92 Å². The largest absolute Gasteiger partial charge is 0.506 e. The number of phenols is 1. The number of hydrogen-bond acceptors (Lipinski definition) is 3. The number of halogens is 1. The Kier molecular flexibility index (Phi) is 4.15. The number of anilines is 1. The van der Waals surface area contributed by atoms with Gasteiger partial charge in [0.15, 0.2) is 0 Å². The quantitative estimate of drug-likeness (QED) is 0.780. The molecule has 1 unspecified atom stereocenters. The first-order valence-electron chi connectivity index (χ1n) is 5.86. The molecule has 0 amide bonds. The number of phenolic OH excluding ortho intramolecular Hbond substituents is 1. The first-order valence-corrected chi connectivity index (χ1v) is 7.12. The Morgan fingerprint density at radius 1 is 1.28 bits per heavy atom. The van der Waals surface area contributed by atoms with E-state index in [1.807, 2.05) is 6.07 Å². The monoisotopic (exact) mass is 281 g/mol. The Bertz CT molecular complexity index is 511. The van der Waals surface area contributed by atoms with E-state index in [1.54, 1.807) is 23.5 Å². The Labute approximate surface area is 116 Å². The fourth-order valence-electron chi connectivity index (χ4n) is 1.81. The van der Waals surface area contributed by atoms with Crippen LogP contribution in [-0.4, -0.2) is 5.11 Å². The molecular weight excluding hydrogens is 266 g/mol. The van der Waals surface area contributed by atoms with E-state index in [0.717, 1.165) is 5.69 Å². The number of rotatable bonds is 4. The zero-order chi connectivity index (χ0) is 13.1. The van der Waals surface area contributed by atoms with Crippen molar-refractivity contribution in [3.05, 3.63) is 45.6 Å². The van der Waals surface area contributed by atoms with E-state index in [1.165, 1.54) is 4.88 Å². The standard InChI is InChI=1S/C14H16ClNOS/c1-9(2)14(13-4-3-7-18-13)16-10-5-6-12(17)11(15)8-10/h3-9,14,16-17H,1-2H3. The minimum absolute atomic E-state index is 0.111. The SMILES string of the molecule is CC(C)C(Nc1ccc(O)c(Cl)c1)c1cccs1. The van der Waals surface area contributed by atoms with Crippen LogP contribution in [0, 0.1) is 5.92 Å². The molecule has 1 aromatic carbocycles. The molecule has 2 nitrogen and oxygen atoms in total. The van der Waals surface area contributed by atoms with Crippen LogP contribution in [0.25, 0.3) is 0 Å². The highest BCUT2D eigenvalue weighted by molar-refractivity contribution is 7.10. The molecular formula is C14H16ClNOS. The van der Waals surface area contributed by atoms with E-state index in [-0.39, 0.29) is 11.8 Å². The number of benzene rings is 1. The molecule has 96 valence electrons. The van der Waals surface area contributed by atoms with Crippen LogP contribution >= 0.6 is 22.9 Å². The Balaban J connectivity index is 2.21. The summed E-state index contributed by atoms with van der Waals surface area (Å²) in [5.74, 6) is 0.579. The molecule has 1 heterocycles. The average Bonchev–Trinajstić information content (AvgIpc) is 2.83. The molecule has 1 aromatic heterocycles. The van der Waals surface area contributed by atoms with Gasteiger partial charge in [-0.05, 0) is 35.6 Å². The van der Waals surface area contributed by atoms with Crippen molar-refractivity contribution in [1.29, 1.82) is 0 Å². The Hall–Kier alpha value is -1.19. The number of nitrogens with one attached hydrogen (secondary N) is 1. The third kappa shape index (κ3) is 2.98. The lowest BCUT2D eigenvalue weighted by Gasteiger charge is -2.22. The van der Waals surface area contributed by atoms with Gasteiger partial charge in [0.25, 0.3) is 0 Å². The summed E-state index contributed by atoms with van der Waals surface area (Å²) in [7, 11) is 0. The van der Waals surface area contributed by atoms with Gasteiger partial charge in [-0.3, -0.25) is 0 Å². The zero-order valence-electron chi connectivity index (χ0n) is 10.4. The van der Waals surface area contributed by atoms with E-state index in [0.29, 0.717) is 10.9 Å². The lowest BCUT2D eigenvalue weighted by atomic mass is 10.0. The van der Waals surface area contributed by atoms with Crippen molar-refractivity contribution in [2.75, 3.05) is 5.32 Å². The van der Waals surface area contributed by atoms with Gasteiger partial charge in [-0.15, -0.1) is 11.3 Å². The molecule has 1 atom stereocenters. The van der Waals surface area contributed by atoms with Crippen molar-refractivity contribution in [2.45, 2.75) is 19.9 Å². The fourth-order valence-corrected chi connectivity index (χ4v) is 2.94. The minimum Gasteiger partial charge on any atom is -0.506 e. The van der Waals surface area contributed by atoms with Crippen molar-refractivity contribution < 1.29 is 5.11 Å². The summed E-state index contributed by atoms with van der Waals surface area (Å²) >= 11 is 7.66. The van der Waals surface area contributed by atoms with Gasteiger partial charge < -0.3 is 10.4 Å². The van der Waals surface area contributed by atoms with E-state index in [2.05, 4.69) is 36.7 Å². The smallest absolute Gasteiger partial charge is 0.134 e. The molecule has 0 bridgehead atoms. The Morgan fingerprint density at radius 2 is 2.06 bits per heavy atom. The number of thiophene rings is 1. The second-order valence-corrected chi connectivity index (χ2v) is 5.93. The van der Waals surface area contributed by atoms with Gasteiger partial charge in [-0.1, -0.05) is 31.5 Å². The maximum atomic E-state index is 9.41. The van der Waals surface area contributed by atoms with E-state index in [4.69, 9.17) is 11.6 Å². The normalized spacial score (nSPS) is 12.7. The van der Waals surface area contributed by atoms with Gasteiger partial charge in [-0.2, -0.15) is 0 Å². The van der Waals surface area contributed by atoms with Crippen molar-refractivity contribution in [3.8, 4) is 5.75 Å². The van der Waals surface area contributed by atoms with Crippen LogP contribution in [0.2, 0.25) is 5.02 Å². The van der Waals surface area contributed by atoms with Crippen LogP contribution in [0.4, 0.5) is 5.69 Å². The second-order valence-electron chi connectivity index (χ2n) is 4.55. The van der Waals surface area contributed by atoms with Crippen molar-refractivity contribution in [1.82, 2.24) is 0 Å². The van der Waals surface area contributed by atoms with Gasteiger partial charge in [0.2, 0.25) is 0 Å². The first-order chi connectivity index (χ1) is 8.58. The predicted molar refractivity (Wildman–Crippen MR) is 78.6 cm³/mol. The highest BCUT2D eigenvalue weighted by atomic mass is 35.5. The number of aromatic hydroxyl groups is 1. The molecule has 0 aliphatic heterocycles. The molecule has 0 fully saturated rings. The van der Waals surface area contributed by atoms with Crippen LogP contribution < -0.4 is 5.32 Å². The summed E-state index contributed by atoms with van der Waals surface area (Å²) in [5.41, 5.74) is 0.921. The molecule has 0 spiro atoms. The van der Waals surface area contributed by atoms with Crippen molar-refractivity contribution >= 4 is 28.6 Å². The van der Waals surface area contributed by atoms with Gasteiger partial charge in [-0.25, -0.2) is 0 Å². The molecule has 2 N–H and O–H groups in total. The van der Waals surface area contributed by atoms with E-state index in [9.17, 15) is 5.11 Å². The summed E-state index contributed by atoms with van der Waals surface area (Å²) in [6.45, 7) is 4.36. The van der Waals surface area contributed by atoms with Gasteiger partial charge >= 0.3 is 0 Å². The first kappa shape index (κ1) is 13.2. The topological polar surface area (TPSA) is 32.3 Å². The molecule has 0 aliphatic rings. The maximum Gasteiger partial charge on any atom is 0.134 e. The molecule has 0 saturated heterocycles. The van der Waals surface area contributed by atoms with Crippen LogP contribution in [0.5, 0.6) is 5.75 Å². The van der Waals surface area contributed by atoms with Crippen LogP contribution in [0.3, 0.4) is 0 Å². The summed E-state index contributed by atoms with van der Waals surface area (Å²) in [5, 5.41) is 15.3. The van der Waals surface area contributed by atoms with Crippen LogP contribution in [-0.2, 0) is 0 Å². The second kappa shape index (κ2) is 5.63. The van der Waals surface area contributed by atoms with Gasteiger partial charge in [0.05, 0.1) is 11.1 Å². The summed E-state index contributed by atoms with van der Waals surface area (Å²) in [6.07, 6.45) is 0. The molecule has 4 heteroatoms. The lowest BCUT2D eigenvalue weighted by molar-refractivity contribution is 0.475. The molecule has 2 aromatic rings. The molecule has 0 radical (unpaired) electrons. The lowest BCUT2D eigenvalue weighted by Crippen LogP contribution is -2.15. The molecule has 2 rings (SSSR count). The number of hydrogen-bond donors (Lipinski definition) is 2. The molecule has 0 aliphatic carbocycles. The highest BCUT2D eigenvalue weighted by Gasteiger charge is 2.16. The van der Waals surface area contributed by atoms with Gasteiger partial charge in [0, 0.05) is 10.6 Å². The van der Waals surface area contributed by atoms with E-state index >= 15 is 0 Å². The van der Waals surface area contributed by atoms with E-state index < -0.39 is 0 Å². The molecule has 0 saturated carbocycles. The predicted octanol–water partition coefficient (Wildman–Crippen LogP) is 4.92. The summed E-state index contributed by atoms with van der Waals surface area (Å²) < 4.78 is 0. The molecule has 18 heavy (non-hydrogen) atoms. The zero-order valence-corrected chi connectivity index (χ0v) is 11.9. The Morgan fingerprint density at radius 3 is 2.61 bits per heavy atom. The highest BCUT2D eigenvalue weighted by Crippen LogP contribution is 2.32. The maximum absolute atomic E-state index is 9.41. The third-order valence-corrected chi connectivity index (χ3v) is 4.04. The van der Waals surface area contributed by atoms with Gasteiger partial charge in [0.1, 0.15) is 5.75 Å². The fraction of sp³-hybridized carbons (Fsp3) is 0.286. The van der Waals surface area contributed by atoms with Crippen molar-refractivity contribution in [3.63, 3.8) is 0 Å². The van der Waals surface area contributed by atoms with Crippen LogP contribution in [0.15, 0.2) is 35.7 Å². The third-order valence-electron chi connectivity index (χ3n) is 2.79. The summed E-state index contributed by atoms with van der Waals surface area (Å²) in [4.78, 5) is 1.30. The minimum atomic E-state index is 0.111. The average molecular weight is 282 g/mol. The summed E-state index contributed by atoms with van der Waals surface area (Å²) in [6, 6.07) is 9.64. The van der Waals surface area contributed by atoms with Crippen LogP contribution in [0.1, 0.15) is 24.8 Å².